The Labute approximate surface area is 223 Å². The zero-order chi connectivity index (χ0) is 25.2. The third-order valence-corrected chi connectivity index (χ3v) is 7.58. The van der Waals surface area contributed by atoms with Crippen LogP contribution in [0.3, 0.4) is 0 Å². The first-order chi connectivity index (χ1) is 16.6. The highest BCUT2D eigenvalue weighted by molar-refractivity contribution is 8.00. The molecule has 0 saturated carbocycles. The number of aryl methyl sites for hydroxylation is 2. The number of hydrogen-bond acceptors (Lipinski definition) is 7. The van der Waals surface area contributed by atoms with Crippen LogP contribution in [0.25, 0.3) is 0 Å². The zero-order valence-corrected chi connectivity index (χ0v) is 22.1. The number of ether oxygens (including phenoxy) is 4. The van der Waals surface area contributed by atoms with Crippen LogP contribution in [0.4, 0.5) is 4.79 Å². The Morgan fingerprint density at radius 1 is 1.11 bits per heavy atom. The van der Waals surface area contributed by atoms with E-state index in [1.807, 2.05) is 62.4 Å². The van der Waals surface area contributed by atoms with Crippen molar-refractivity contribution in [2.24, 2.45) is 0 Å². The molecular weight excluding hydrogens is 537 g/mol. The molecule has 0 unspecified atom stereocenters. The summed E-state index contributed by atoms with van der Waals surface area (Å²) in [6, 6.07) is 14.5. The van der Waals surface area contributed by atoms with Crippen molar-refractivity contribution in [3.8, 4) is 0 Å². The van der Waals surface area contributed by atoms with Crippen LogP contribution in [0.15, 0.2) is 53.4 Å². The summed E-state index contributed by atoms with van der Waals surface area (Å²) in [7, 11) is 0. The van der Waals surface area contributed by atoms with Gasteiger partial charge in [-0.15, -0.1) is 0 Å². The lowest BCUT2D eigenvalue weighted by Gasteiger charge is -2.47. The number of halogens is 3. The fourth-order valence-electron chi connectivity index (χ4n) is 4.05. The quantitative estimate of drug-likeness (QED) is 0.493. The average Bonchev–Trinajstić information content (AvgIpc) is 2.82. The van der Waals surface area contributed by atoms with Crippen LogP contribution in [0, 0.1) is 13.8 Å². The van der Waals surface area contributed by atoms with E-state index in [9.17, 15) is 9.90 Å². The van der Waals surface area contributed by atoms with Crippen molar-refractivity contribution >= 4 is 52.7 Å². The number of aliphatic hydroxyl groups excluding tert-OH is 1. The number of nitrogens with one attached hydrogen (secondary N) is 1. The van der Waals surface area contributed by atoms with Crippen molar-refractivity contribution in [2.45, 2.75) is 58.6 Å². The van der Waals surface area contributed by atoms with Crippen LogP contribution in [-0.4, -0.2) is 58.0 Å². The maximum Gasteiger partial charge on any atom is 0.407 e. The summed E-state index contributed by atoms with van der Waals surface area (Å²) >= 11 is 18.5. The standard InChI is InChI=1S/C24H26Cl3NO6S/c1-13-7-6-8-14(2)20(13)35-22-17(28-23(30)32-12-24(25,26)27)18(29)19-16(33-22)11-31-21(34-19)15-9-4-3-5-10-15/h3-10,16-19,21-22,29H,11-12H2,1-2H3,(H,28,30)/t16-,17-,18-,19+,21+,22+/m1/s1. The van der Waals surface area contributed by atoms with E-state index in [4.69, 9.17) is 53.8 Å². The summed E-state index contributed by atoms with van der Waals surface area (Å²) in [6.07, 6.45) is -3.92. The average molecular weight is 563 g/mol. The minimum atomic E-state index is -1.76. The van der Waals surface area contributed by atoms with Gasteiger partial charge >= 0.3 is 6.09 Å². The van der Waals surface area contributed by atoms with Crippen molar-refractivity contribution in [2.75, 3.05) is 13.2 Å². The van der Waals surface area contributed by atoms with Gasteiger partial charge in [-0.25, -0.2) is 4.79 Å². The van der Waals surface area contributed by atoms with Gasteiger partial charge in [0.15, 0.2) is 6.29 Å². The second kappa shape index (κ2) is 11.4. The number of benzene rings is 2. The number of hydrogen-bond donors (Lipinski definition) is 2. The molecule has 0 spiro atoms. The van der Waals surface area contributed by atoms with Crippen molar-refractivity contribution in [1.82, 2.24) is 5.32 Å². The Hall–Kier alpha value is -1.23. The van der Waals surface area contributed by atoms with E-state index >= 15 is 0 Å². The van der Waals surface area contributed by atoms with Gasteiger partial charge in [0.2, 0.25) is 3.79 Å². The summed E-state index contributed by atoms with van der Waals surface area (Å²) in [4.78, 5) is 13.5. The topological polar surface area (TPSA) is 86.3 Å². The summed E-state index contributed by atoms with van der Waals surface area (Å²) in [5.74, 6) is 0. The Kier molecular flexibility index (Phi) is 8.77. The van der Waals surface area contributed by atoms with Crippen molar-refractivity contribution < 1.29 is 28.8 Å². The molecule has 2 aliphatic heterocycles. The second-order valence-corrected chi connectivity index (χ2v) is 12.0. The number of thioether (sulfide) groups is 1. The van der Waals surface area contributed by atoms with E-state index in [1.54, 1.807) is 0 Å². The molecule has 0 aromatic heterocycles. The number of carbonyl (C=O) groups excluding carboxylic acids is 1. The van der Waals surface area contributed by atoms with Crippen LogP contribution in [-0.2, 0) is 18.9 Å². The fourth-order valence-corrected chi connectivity index (χ4v) is 5.53. The third kappa shape index (κ3) is 6.76. The highest BCUT2D eigenvalue weighted by Crippen LogP contribution is 2.40. The smallest absolute Gasteiger partial charge is 0.407 e. The number of fused-ring (bicyclic) bond motifs is 1. The fraction of sp³-hybridized carbons (Fsp3) is 0.458. The first kappa shape index (κ1) is 26.8. The number of rotatable bonds is 5. The molecule has 11 heteroatoms. The summed E-state index contributed by atoms with van der Waals surface area (Å²) < 4.78 is 21.6. The molecule has 2 fully saturated rings. The predicted octanol–water partition coefficient (Wildman–Crippen LogP) is 5.06. The molecule has 1 amide bonds. The highest BCUT2D eigenvalue weighted by atomic mass is 35.6. The molecule has 2 N–H and O–H groups in total. The van der Waals surface area contributed by atoms with Gasteiger partial charge in [0, 0.05) is 10.5 Å². The summed E-state index contributed by atoms with van der Waals surface area (Å²) in [5.41, 5.74) is 2.25. The van der Waals surface area contributed by atoms with Crippen molar-refractivity contribution in [1.29, 1.82) is 0 Å². The molecule has 4 rings (SSSR count). The Bertz CT molecular complexity index is 1000. The van der Waals surface area contributed by atoms with Crippen LogP contribution < -0.4 is 5.32 Å². The van der Waals surface area contributed by atoms with Crippen molar-refractivity contribution in [3.63, 3.8) is 0 Å². The number of amides is 1. The molecule has 2 saturated heterocycles. The van der Waals surface area contributed by atoms with Crippen LogP contribution in [0.2, 0.25) is 0 Å². The van der Waals surface area contributed by atoms with Gasteiger partial charge in [0.05, 0.1) is 12.6 Å². The van der Waals surface area contributed by atoms with E-state index in [1.165, 1.54) is 11.8 Å². The van der Waals surface area contributed by atoms with Gasteiger partial charge in [-0.05, 0) is 25.0 Å². The van der Waals surface area contributed by atoms with Crippen LogP contribution >= 0.6 is 46.6 Å². The number of alkyl halides is 3. The van der Waals surface area contributed by atoms with Gasteiger partial charge in [0.25, 0.3) is 0 Å². The van der Waals surface area contributed by atoms with Crippen LogP contribution in [0.5, 0.6) is 0 Å². The minimum Gasteiger partial charge on any atom is -0.445 e. The number of carbonyl (C=O) groups is 1. The molecule has 2 aliphatic rings. The first-order valence-corrected chi connectivity index (χ1v) is 13.0. The molecule has 0 bridgehead atoms. The summed E-state index contributed by atoms with van der Waals surface area (Å²) in [5, 5.41) is 14.1. The molecule has 7 nitrogen and oxygen atoms in total. The SMILES string of the molecule is Cc1cccc(C)c1S[C@@H]1O[C@@H]2CO[C@H](c3ccccc3)O[C@@H]2[C@H](O)[C@H]1NC(=O)OCC(Cl)(Cl)Cl. The largest absolute Gasteiger partial charge is 0.445 e. The predicted molar refractivity (Wildman–Crippen MR) is 135 cm³/mol. The molecule has 2 heterocycles. The molecule has 6 atom stereocenters. The maximum absolute atomic E-state index is 12.5. The van der Waals surface area contributed by atoms with Crippen molar-refractivity contribution in [3.05, 3.63) is 65.2 Å². The molecule has 0 aliphatic carbocycles. The normalized spacial score (nSPS) is 28.7. The zero-order valence-electron chi connectivity index (χ0n) is 19.0. The van der Waals surface area contributed by atoms with Gasteiger partial charge < -0.3 is 29.4 Å². The molecule has 0 radical (unpaired) electrons. The Morgan fingerprint density at radius 2 is 1.80 bits per heavy atom. The van der Waals surface area contributed by atoms with Crippen LogP contribution in [0.1, 0.15) is 23.0 Å². The molecular formula is C24H26Cl3NO6S. The Balaban J connectivity index is 1.55. The summed E-state index contributed by atoms with van der Waals surface area (Å²) in [6.45, 7) is 3.75. The Morgan fingerprint density at radius 3 is 2.46 bits per heavy atom. The first-order valence-electron chi connectivity index (χ1n) is 11.0. The minimum absolute atomic E-state index is 0.218. The number of aliphatic hydroxyl groups is 1. The maximum atomic E-state index is 12.5. The lowest BCUT2D eigenvalue weighted by atomic mass is 9.97. The third-order valence-electron chi connectivity index (χ3n) is 5.73. The highest BCUT2D eigenvalue weighted by Gasteiger charge is 2.50. The van der Waals surface area contributed by atoms with E-state index in [2.05, 4.69) is 5.32 Å². The van der Waals surface area contributed by atoms with E-state index in [-0.39, 0.29) is 6.61 Å². The van der Waals surface area contributed by atoms with Gasteiger partial charge in [-0.1, -0.05) is 95.1 Å². The lowest BCUT2D eigenvalue weighted by molar-refractivity contribution is -0.306. The van der Waals surface area contributed by atoms with E-state index < -0.39 is 52.6 Å². The van der Waals surface area contributed by atoms with E-state index in [0.29, 0.717) is 0 Å². The molecule has 35 heavy (non-hydrogen) atoms. The van der Waals surface area contributed by atoms with Gasteiger partial charge in [-0.2, -0.15) is 0 Å². The molecule has 2 aromatic carbocycles. The lowest BCUT2D eigenvalue weighted by Crippen LogP contribution is -2.65. The van der Waals surface area contributed by atoms with Gasteiger partial charge in [-0.3, -0.25) is 0 Å². The number of alkyl carbamates (subject to hydrolysis) is 1. The molecule has 2 aromatic rings. The van der Waals surface area contributed by atoms with E-state index in [0.717, 1.165) is 21.6 Å². The molecule has 190 valence electrons. The second-order valence-electron chi connectivity index (χ2n) is 8.41. The monoisotopic (exact) mass is 561 g/mol. The van der Waals surface area contributed by atoms with Gasteiger partial charge in [0.1, 0.15) is 30.4 Å².